The summed E-state index contributed by atoms with van der Waals surface area (Å²) in [6, 6.07) is 7.64. The zero-order valence-electron chi connectivity index (χ0n) is 27.4. The lowest BCUT2D eigenvalue weighted by atomic mass is 9.96. The van der Waals surface area contributed by atoms with Crippen molar-refractivity contribution in [2.75, 3.05) is 38.7 Å². The smallest absolute Gasteiger partial charge is 0.319 e. The number of nitrogens with one attached hydrogen (secondary N) is 2. The first kappa shape index (κ1) is 36.1. The zero-order chi connectivity index (χ0) is 33.3. The molecular weight excluding hydrogens is 629 g/mol. The summed E-state index contributed by atoms with van der Waals surface area (Å²) in [5.41, 5.74) is 0.741. The van der Waals surface area contributed by atoms with Gasteiger partial charge in [0.05, 0.1) is 30.4 Å². The fourth-order valence-corrected chi connectivity index (χ4v) is 8.36. The maximum absolute atomic E-state index is 14.3. The Labute approximate surface area is 277 Å². The molecule has 13 heteroatoms. The van der Waals surface area contributed by atoms with Crippen LogP contribution in [0.5, 0.6) is 5.75 Å². The molecule has 3 amide bonds. The summed E-state index contributed by atoms with van der Waals surface area (Å²) < 4.78 is 40.6. The first-order valence-corrected chi connectivity index (χ1v) is 18.7. The number of amides is 3. The molecule has 1 aliphatic heterocycles. The number of rotatable bonds is 8. The molecular formula is C33H50N4O7S2. The van der Waals surface area contributed by atoms with Crippen molar-refractivity contribution in [1.82, 2.24) is 14.5 Å². The van der Waals surface area contributed by atoms with E-state index >= 15 is 0 Å². The van der Waals surface area contributed by atoms with Crippen molar-refractivity contribution in [1.29, 1.82) is 0 Å². The highest BCUT2D eigenvalue weighted by atomic mass is 32.2. The van der Waals surface area contributed by atoms with Crippen molar-refractivity contribution in [3.05, 3.63) is 41.3 Å². The molecule has 4 atom stereocenters. The van der Waals surface area contributed by atoms with E-state index in [2.05, 4.69) is 10.6 Å². The quantitative estimate of drug-likeness (QED) is 0.344. The molecule has 2 heterocycles. The Bertz CT molecular complexity index is 1380. The van der Waals surface area contributed by atoms with E-state index in [0.29, 0.717) is 18.0 Å². The van der Waals surface area contributed by atoms with Gasteiger partial charge in [0, 0.05) is 44.4 Å². The number of hydrogen-bond donors (Lipinski definition) is 3. The van der Waals surface area contributed by atoms with Crippen molar-refractivity contribution in [3.8, 4) is 5.75 Å². The van der Waals surface area contributed by atoms with Gasteiger partial charge in [0.2, 0.25) is 0 Å². The Morgan fingerprint density at radius 1 is 1.13 bits per heavy atom. The third-order valence-corrected chi connectivity index (χ3v) is 12.0. The van der Waals surface area contributed by atoms with Crippen LogP contribution in [0.2, 0.25) is 0 Å². The molecule has 46 heavy (non-hydrogen) atoms. The van der Waals surface area contributed by atoms with E-state index in [4.69, 9.17) is 9.47 Å². The summed E-state index contributed by atoms with van der Waals surface area (Å²) in [4.78, 5) is 28.8. The molecule has 2 aromatic rings. The summed E-state index contributed by atoms with van der Waals surface area (Å²) in [5.74, 6) is -0.236. The highest BCUT2D eigenvalue weighted by Crippen LogP contribution is 2.29. The molecule has 0 bridgehead atoms. The largest absolute Gasteiger partial charge is 0.490 e. The number of likely N-dealkylation sites (N-methyl/N-ethyl adjacent to an activating group) is 1. The van der Waals surface area contributed by atoms with Crippen LogP contribution in [0.3, 0.4) is 0 Å². The number of carbonyl (C=O) groups excluding carboxylic acids is 2. The van der Waals surface area contributed by atoms with Crippen molar-refractivity contribution in [2.45, 2.75) is 101 Å². The summed E-state index contributed by atoms with van der Waals surface area (Å²) in [6.45, 7) is 6.12. The van der Waals surface area contributed by atoms with Gasteiger partial charge in [0.25, 0.3) is 15.9 Å². The second kappa shape index (κ2) is 16.9. The van der Waals surface area contributed by atoms with Crippen LogP contribution in [0.4, 0.5) is 10.5 Å². The number of thiophene rings is 1. The molecule has 0 unspecified atom stereocenters. The molecule has 1 fully saturated rings. The molecule has 1 saturated carbocycles. The van der Waals surface area contributed by atoms with E-state index in [9.17, 15) is 23.1 Å². The van der Waals surface area contributed by atoms with Crippen LogP contribution in [0.25, 0.3) is 0 Å². The second-order valence-electron chi connectivity index (χ2n) is 12.7. The first-order valence-electron chi connectivity index (χ1n) is 16.4. The zero-order valence-corrected chi connectivity index (χ0v) is 29.1. The second-order valence-corrected chi connectivity index (χ2v) is 15.9. The lowest BCUT2D eigenvalue weighted by molar-refractivity contribution is -0.00832. The molecule has 1 aromatic heterocycles. The van der Waals surface area contributed by atoms with E-state index < -0.39 is 22.2 Å². The molecule has 256 valence electrons. The summed E-state index contributed by atoms with van der Waals surface area (Å²) in [7, 11) is -2.16. The van der Waals surface area contributed by atoms with Crippen LogP contribution < -0.4 is 15.4 Å². The van der Waals surface area contributed by atoms with Crippen molar-refractivity contribution in [2.24, 2.45) is 5.92 Å². The van der Waals surface area contributed by atoms with Gasteiger partial charge in [-0.15, -0.1) is 11.3 Å². The Kier molecular flexibility index (Phi) is 13.3. The number of anilines is 1. The van der Waals surface area contributed by atoms with Crippen LogP contribution in [-0.4, -0.2) is 92.3 Å². The number of nitrogens with zero attached hydrogens (tertiary/aromatic N) is 2. The Hall–Kier alpha value is -2.71. The summed E-state index contributed by atoms with van der Waals surface area (Å²) in [5, 5.41) is 17.9. The number of hydrogen-bond acceptors (Lipinski definition) is 8. The van der Waals surface area contributed by atoms with Crippen LogP contribution in [0.15, 0.2) is 39.9 Å². The molecule has 0 spiro atoms. The fraction of sp³-hybridized carbons (Fsp3) is 0.636. The number of fused-ring (bicyclic) bond motifs is 1. The highest BCUT2D eigenvalue weighted by molar-refractivity contribution is 7.91. The first-order chi connectivity index (χ1) is 22.0. The minimum absolute atomic E-state index is 0.108. The predicted octanol–water partition coefficient (Wildman–Crippen LogP) is 5.32. The van der Waals surface area contributed by atoms with Gasteiger partial charge in [-0.25, -0.2) is 13.2 Å². The van der Waals surface area contributed by atoms with Gasteiger partial charge in [0.1, 0.15) is 9.96 Å². The van der Waals surface area contributed by atoms with Crippen LogP contribution >= 0.6 is 11.3 Å². The molecule has 2 aliphatic rings. The van der Waals surface area contributed by atoms with Crippen LogP contribution in [-0.2, 0) is 14.8 Å². The molecule has 11 nitrogen and oxygen atoms in total. The van der Waals surface area contributed by atoms with Gasteiger partial charge in [-0.2, -0.15) is 4.31 Å². The number of urea groups is 1. The number of aliphatic hydroxyl groups is 1. The van der Waals surface area contributed by atoms with Crippen LogP contribution in [0.1, 0.15) is 82.5 Å². The molecule has 1 aliphatic carbocycles. The van der Waals surface area contributed by atoms with Gasteiger partial charge in [-0.1, -0.05) is 32.3 Å². The van der Waals surface area contributed by atoms with Crippen molar-refractivity contribution in [3.63, 3.8) is 0 Å². The molecule has 0 saturated heterocycles. The normalized spacial score (nSPS) is 23.2. The number of benzene rings is 1. The topological polar surface area (TPSA) is 138 Å². The van der Waals surface area contributed by atoms with E-state index in [1.165, 1.54) is 22.1 Å². The van der Waals surface area contributed by atoms with Crippen molar-refractivity contribution < 1.29 is 32.6 Å². The van der Waals surface area contributed by atoms with Gasteiger partial charge in [-0.05, 0) is 75.6 Å². The van der Waals surface area contributed by atoms with E-state index in [-0.39, 0.29) is 59.5 Å². The predicted molar refractivity (Wildman–Crippen MR) is 180 cm³/mol. The van der Waals surface area contributed by atoms with E-state index in [1.807, 2.05) is 13.8 Å². The highest BCUT2D eigenvalue weighted by Gasteiger charge is 2.32. The maximum Gasteiger partial charge on any atom is 0.319 e. The molecule has 0 radical (unpaired) electrons. The van der Waals surface area contributed by atoms with Crippen LogP contribution in [0, 0.1) is 5.92 Å². The minimum atomic E-state index is -3.70. The Balaban J connectivity index is 1.60. The summed E-state index contributed by atoms with van der Waals surface area (Å²) >= 11 is 1.17. The SMILES string of the molecule is C[C@@H]1CCCCO[C@H](CN(C)S(=O)(=O)c2cccs2)[C@H](C)CN([C@@H](C)CO)C(=O)c2cc(NC(=O)NC3CCCCC3)ccc2O1. The number of aliphatic hydroxyl groups excluding tert-OH is 1. The van der Waals surface area contributed by atoms with Gasteiger partial charge in [0.15, 0.2) is 0 Å². The van der Waals surface area contributed by atoms with E-state index in [0.717, 1.165) is 44.9 Å². The molecule has 1 aromatic carbocycles. The fourth-order valence-electron chi connectivity index (χ4n) is 5.98. The average molecular weight is 679 g/mol. The van der Waals surface area contributed by atoms with Crippen molar-refractivity contribution >= 4 is 39.0 Å². The Morgan fingerprint density at radius 3 is 2.57 bits per heavy atom. The van der Waals surface area contributed by atoms with Gasteiger partial charge in [-0.3, -0.25) is 4.79 Å². The number of ether oxygens (including phenoxy) is 2. The lowest BCUT2D eigenvalue weighted by Gasteiger charge is -2.35. The Morgan fingerprint density at radius 2 is 1.87 bits per heavy atom. The standard InChI is InChI=1S/C33H50N4O7S2/c1-23-20-37(24(2)22-38)32(39)28-19-27(35-33(40)34-26-12-6-5-7-13-26)15-16-29(28)44-25(3)11-8-9-17-43-30(23)21-36(4)46(41,42)31-14-10-18-45-31/h10,14-16,18-19,23-26,30,38H,5-9,11-13,17,20-22H2,1-4H3,(H2,34,35,40)/t23-,24+,25-,30-/m1/s1. The lowest BCUT2D eigenvalue weighted by Crippen LogP contribution is -2.48. The maximum atomic E-state index is 14.3. The van der Waals surface area contributed by atoms with Gasteiger partial charge >= 0.3 is 6.03 Å². The minimum Gasteiger partial charge on any atom is -0.490 e. The van der Waals surface area contributed by atoms with Gasteiger partial charge < -0.3 is 30.1 Å². The summed E-state index contributed by atoms with van der Waals surface area (Å²) in [6.07, 6.45) is 6.90. The average Bonchev–Trinajstić information content (AvgIpc) is 3.59. The monoisotopic (exact) mass is 678 g/mol. The number of sulfonamides is 1. The third kappa shape index (κ3) is 9.66. The molecule has 3 N–H and O–H groups in total. The third-order valence-electron chi connectivity index (χ3n) is 8.85. The number of carbonyl (C=O) groups is 2. The molecule has 4 rings (SSSR count). The van der Waals surface area contributed by atoms with E-state index in [1.54, 1.807) is 54.6 Å².